The summed E-state index contributed by atoms with van der Waals surface area (Å²) in [7, 11) is 1.35. The number of esters is 2. The molecule has 1 amide bonds. The minimum atomic E-state index is -1.75. The maximum absolute atomic E-state index is 13.5. The Morgan fingerprint density at radius 3 is 2.70 bits per heavy atom. The molecule has 2 fully saturated rings. The molecule has 0 radical (unpaired) electrons. The Balaban J connectivity index is 1.32. The Kier molecular flexibility index (Phi) is 8.48. The lowest BCUT2D eigenvalue weighted by Crippen LogP contribution is -2.74. The molecule has 0 spiro atoms. The minimum absolute atomic E-state index is 0.0988. The van der Waals surface area contributed by atoms with E-state index in [0.29, 0.717) is 11.3 Å². The van der Waals surface area contributed by atoms with Gasteiger partial charge in [0.25, 0.3) is 5.95 Å². The van der Waals surface area contributed by atoms with Crippen molar-refractivity contribution in [3.05, 3.63) is 47.8 Å². The highest BCUT2D eigenvalue weighted by atomic mass is 16.6. The van der Waals surface area contributed by atoms with Gasteiger partial charge in [0, 0.05) is 43.4 Å². The highest BCUT2D eigenvalue weighted by Gasteiger charge is 2.73. The van der Waals surface area contributed by atoms with Crippen molar-refractivity contribution in [2.24, 2.45) is 41.2 Å². The van der Waals surface area contributed by atoms with E-state index in [1.807, 2.05) is 13.0 Å². The maximum atomic E-state index is 13.5. The molecule has 0 aromatic carbocycles. The molecule has 254 valence electrons. The predicted octanol–water partition coefficient (Wildman–Crippen LogP) is 1.09. The first-order valence-electron chi connectivity index (χ1n) is 15.7. The van der Waals surface area contributed by atoms with Crippen LogP contribution < -0.4 is 11.1 Å². The summed E-state index contributed by atoms with van der Waals surface area (Å²) in [6, 6.07) is 3.32. The highest BCUT2D eigenvalue weighted by molar-refractivity contribution is 5.87. The van der Waals surface area contributed by atoms with Crippen LogP contribution in [0.5, 0.6) is 0 Å². The number of aliphatic hydroxyl groups excluding tert-OH is 1. The molecule has 2 aromatic rings. The fourth-order valence-corrected chi connectivity index (χ4v) is 8.43. The molecule has 6 rings (SSSR count). The molecule has 3 unspecified atom stereocenters. The lowest BCUT2D eigenvalue weighted by atomic mass is 9.44. The van der Waals surface area contributed by atoms with Crippen molar-refractivity contribution in [1.29, 1.82) is 0 Å². The zero-order valence-electron chi connectivity index (χ0n) is 26.7. The van der Waals surface area contributed by atoms with Gasteiger partial charge in [-0.2, -0.15) is 5.21 Å². The predicted molar refractivity (Wildman–Crippen MR) is 162 cm³/mol. The number of carbonyl (C=O) groups is 3. The number of nitrogens with zero attached hydrogens (tertiary/aromatic N) is 3. The number of tetrazole rings is 1. The van der Waals surface area contributed by atoms with E-state index in [1.165, 1.54) is 7.11 Å². The molecule has 0 saturated heterocycles. The van der Waals surface area contributed by atoms with Gasteiger partial charge >= 0.3 is 18.0 Å². The quantitative estimate of drug-likeness (QED) is 0.145. The zero-order valence-corrected chi connectivity index (χ0v) is 26.7. The van der Waals surface area contributed by atoms with Crippen LogP contribution in [-0.2, 0) is 23.7 Å². The molecule has 4 aliphatic rings. The number of methoxy groups -OCH3 is 1. The molecular formula is C31H41N7O9. The molecule has 47 heavy (non-hydrogen) atoms. The van der Waals surface area contributed by atoms with Gasteiger partial charge in [-0.25, -0.2) is 14.4 Å². The van der Waals surface area contributed by atoms with Crippen molar-refractivity contribution in [1.82, 2.24) is 25.6 Å². The highest BCUT2D eigenvalue weighted by Crippen LogP contribution is 2.66. The number of fused-ring (bicyclic) bond motifs is 6. The van der Waals surface area contributed by atoms with E-state index in [-0.39, 0.29) is 24.2 Å². The van der Waals surface area contributed by atoms with Crippen molar-refractivity contribution in [2.45, 2.75) is 75.8 Å². The molecule has 1 aliphatic heterocycles. The van der Waals surface area contributed by atoms with Crippen LogP contribution in [0.25, 0.3) is 0 Å². The van der Waals surface area contributed by atoms with E-state index in [4.69, 9.17) is 24.7 Å². The Morgan fingerprint density at radius 1 is 1.28 bits per heavy atom. The number of carbonyl (C=O) groups excluding carboxylic acids is 3. The van der Waals surface area contributed by atoms with Crippen LogP contribution in [0.3, 0.4) is 0 Å². The number of aliphatic hydroxyl groups is 2. The third-order valence-corrected chi connectivity index (χ3v) is 10.7. The summed E-state index contributed by atoms with van der Waals surface area (Å²) in [4.78, 5) is 41.9. The molecule has 16 nitrogen and oxygen atoms in total. The lowest BCUT2D eigenvalue weighted by Gasteiger charge is -2.64. The number of rotatable bonds is 6. The average Bonchev–Trinajstić information content (AvgIpc) is 3.77. The molecular weight excluding hydrogens is 614 g/mol. The third kappa shape index (κ3) is 5.32. The molecule has 3 aliphatic carbocycles. The number of cyclic esters (lactones) is 1. The molecule has 2 saturated carbocycles. The van der Waals surface area contributed by atoms with Crippen molar-refractivity contribution < 1.29 is 43.5 Å². The molecule has 2 aromatic heterocycles. The number of hydrogen-bond acceptors (Lipinski definition) is 13. The number of hydrogen-bond donors (Lipinski definition) is 6. The van der Waals surface area contributed by atoms with Crippen molar-refractivity contribution in [3.63, 3.8) is 0 Å². The second-order valence-electron chi connectivity index (χ2n) is 13.2. The van der Waals surface area contributed by atoms with Gasteiger partial charge in [-0.3, -0.25) is 5.32 Å². The van der Waals surface area contributed by atoms with Gasteiger partial charge in [-0.1, -0.05) is 37.2 Å². The summed E-state index contributed by atoms with van der Waals surface area (Å²) < 4.78 is 22.9. The van der Waals surface area contributed by atoms with Gasteiger partial charge < -0.3 is 39.9 Å². The first kappa shape index (κ1) is 32.8. The van der Waals surface area contributed by atoms with E-state index in [1.54, 1.807) is 51.3 Å². The summed E-state index contributed by atoms with van der Waals surface area (Å²) >= 11 is 0. The number of H-pyrrole nitrogens is 2. The van der Waals surface area contributed by atoms with Crippen molar-refractivity contribution in [3.8, 4) is 0 Å². The number of ether oxygens (including phenoxy) is 4. The van der Waals surface area contributed by atoms with Gasteiger partial charge in [0.1, 0.15) is 29.6 Å². The van der Waals surface area contributed by atoms with E-state index in [0.717, 1.165) is 0 Å². The Hall–Kier alpha value is -4.12. The van der Waals surface area contributed by atoms with Gasteiger partial charge in [0.05, 0.1) is 11.6 Å². The van der Waals surface area contributed by atoms with Crippen LogP contribution in [0.2, 0.25) is 0 Å². The second-order valence-corrected chi connectivity index (χ2v) is 13.2. The van der Waals surface area contributed by atoms with Crippen LogP contribution in [0, 0.1) is 35.5 Å². The normalized spacial score (nSPS) is 41.1. The van der Waals surface area contributed by atoms with Gasteiger partial charge in [0.15, 0.2) is 6.10 Å². The van der Waals surface area contributed by atoms with E-state index in [2.05, 4.69) is 30.9 Å². The zero-order chi connectivity index (χ0) is 33.8. The molecule has 13 atom stereocenters. The third-order valence-electron chi connectivity index (χ3n) is 10.7. The van der Waals surface area contributed by atoms with E-state index in [9.17, 15) is 24.6 Å². The number of anilines is 1. The van der Waals surface area contributed by atoms with E-state index >= 15 is 0 Å². The molecule has 7 N–H and O–H groups in total. The summed E-state index contributed by atoms with van der Waals surface area (Å²) in [6.07, 6.45) is 1.34. The maximum Gasteiger partial charge on any atom is 0.414 e. The Morgan fingerprint density at radius 2 is 2.04 bits per heavy atom. The summed E-state index contributed by atoms with van der Waals surface area (Å²) in [5.41, 5.74) is 4.63. The minimum Gasteiger partial charge on any atom is -0.457 e. The number of amides is 1. The largest absolute Gasteiger partial charge is 0.457 e. The second kappa shape index (κ2) is 12.2. The number of nitrogens with two attached hydrogens (primary N) is 1. The van der Waals surface area contributed by atoms with Crippen LogP contribution in [-0.4, -0.2) is 103 Å². The summed E-state index contributed by atoms with van der Waals surface area (Å²) in [6.45, 7) is 6.93. The van der Waals surface area contributed by atoms with Crippen LogP contribution >= 0.6 is 0 Å². The summed E-state index contributed by atoms with van der Waals surface area (Å²) in [5.74, 6) is -3.95. The SMILES string of the molecule is CO[C@H]1C[C@@]2(N)C=CC3C(C4[C@H]3[C@H](OC(=O)c3ccc[nH]3)[C@H](C)[C@H]4O)[C@]2(O)/C(C)=C/[C@@H](C)[C@@H]([C@@H](C)OC(=O)Nc2nn[nH]n2)OC1=O. The number of nitrogens with one attached hydrogen (secondary N) is 3. The number of allylic oxidation sites excluding steroid dienone is 1. The van der Waals surface area contributed by atoms with Crippen LogP contribution in [0.1, 0.15) is 44.6 Å². The molecule has 0 bridgehead atoms. The first-order valence-corrected chi connectivity index (χ1v) is 15.7. The van der Waals surface area contributed by atoms with Gasteiger partial charge in [-0.15, -0.1) is 5.10 Å². The number of aromatic nitrogens is 5. The van der Waals surface area contributed by atoms with Crippen molar-refractivity contribution in [2.75, 3.05) is 12.4 Å². The summed E-state index contributed by atoms with van der Waals surface area (Å²) in [5, 5.41) is 39.7. The van der Waals surface area contributed by atoms with E-state index < -0.39 is 83.4 Å². The Bertz CT molecular complexity index is 1550. The Labute approximate surface area is 270 Å². The molecule has 16 heteroatoms. The van der Waals surface area contributed by atoms with Gasteiger partial charge in [0.2, 0.25) is 0 Å². The lowest BCUT2D eigenvalue weighted by molar-refractivity contribution is -0.190. The fourth-order valence-electron chi connectivity index (χ4n) is 8.43. The number of aromatic amines is 2. The standard InChI is InChI=1S/C31H41N7O9/c1-13-11-14(2)31(43)22-17(20-21(22)23(39)15(3)25(20)47-26(40)18-7-6-10-33-18)8-9-30(31,32)12-19(44-5)27(41)46-24(13)16(4)45-29(42)34-28-35-37-38-36-28/h6-11,13,15-17,19-25,33,39,43H,12,32H2,1-5H3,(H2,34,35,36,37,38,42)/b14-11+/t13-,15-,16-,17?,19+,20+,21?,22?,23-,24+,25-,30+,31-/m1/s1. The topological polar surface area (TPSA) is 237 Å². The van der Waals surface area contributed by atoms with Gasteiger partial charge in [-0.05, 0) is 48.6 Å². The fraction of sp³-hybridized carbons (Fsp3) is 0.613. The average molecular weight is 656 g/mol. The monoisotopic (exact) mass is 655 g/mol. The van der Waals surface area contributed by atoms with Crippen LogP contribution in [0.4, 0.5) is 10.7 Å². The smallest absolute Gasteiger partial charge is 0.414 e. The first-order chi connectivity index (χ1) is 22.3. The van der Waals surface area contributed by atoms with Crippen molar-refractivity contribution >= 4 is 24.0 Å². The van der Waals surface area contributed by atoms with Crippen LogP contribution in [0.15, 0.2) is 42.1 Å². The molecule has 3 heterocycles.